The maximum atomic E-state index is 5.34. The summed E-state index contributed by atoms with van der Waals surface area (Å²) in [5.41, 5.74) is 13.1. The van der Waals surface area contributed by atoms with Crippen LogP contribution in [0.15, 0.2) is 182 Å². The lowest BCUT2D eigenvalue weighted by atomic mass is 9.83. The molecule has 2 atom stereocenters. The van der Waals surface area contributed by atoms with Gasteiger partial charge in [0.1, 0.15) is 0 Å². The van der Waals surface area contributed by atoms with Crippen molar-refractivity contribution in [3.63, 3.8) is 0 Å². The van der Waals surface area contributed by atoms with E-state index in [0.717, 1.165) is 54.0 Å². The van der Waals surface area contributed by atoms with E-state index in [0.29, 0.717) is 5.92 Å². The molecule has 9 aromatic rings. The highest BCUT2D eigenvalue weighted by molar-refractivity contribution is 6.13. The predicted molar refractivity (Wildman–Crippen MR) is 242 cm³/mol. The number of aromatic nitrogens is 3. The van der Waals surface area contributed by atoms with Crippen LogP contribution in [0.3, 0.4) is 0 Å². The molecule has 0 bridgehead atoms. The fourth-order valence-corrected chi connectivity index (χ4v) is 9.37. The topological polar surface area (TPSA) is 38.7 Å². The Morgan fingerprint density at radius 3 is 2.02 bits per heavy atom. The van der Waals surface area contributed by atoms with E-state index in [-0.39, 0.29) is 5.92 Å². The Morgan fingerprint density at radius 1 is 0.500 bits per heavy atom. The van der Waals surface area contributed by atoms with Gasteiger partial charge in [0.25, 0.3) is 0 Å². The number of hydrogen-bond donors (Lipinski definition) is 0. The molecule has 0 saturated heterocycles. The number of pyridine rings is 1. The lowest BCUT2D eigenvalue weighted by Gasteiger charge is -2.23. The molecule has 58 heavy (non-hydrogen) atoms. The van der Waals surface area contributed by atoms with E-state index in [9.17, 15) is 0 Å². The van der Waals surface area contributed by atoms with Crippen molar-refractivity contribution in [2.45, 2.75) is 37.5 Å². The Kier molecular flexibility index (Phi) is 8.58. The predicted octanol–water partition coefficient (Wildman–Crippen LogP) is 14.2. The second-order valence-electron chi connectivity index (χ2n) is 15.8. The molecule has 2 heterocycles. The molecular formula is C55H41N3. The standard InChI is InChI=1S/C55H41N3/c1-3-16-45-41(11-1)32-51(49-20-7-5-18-47(45)49)37-24-28-39(29-25-37)55-57-53(38-26-22-36(23-27-38)44-15-10-30-56-35-44)34-54(58-55)43-14-9-13-40(31-43)52-33-42-12-2-4-17-46(42)48-19-6-8-21-50(48)52/h1-7,9-20,22,24-26,28-36,38H,8,21,23,27H2. The maximum Gasteiger partial charge on any atom is 0.160 e. The first kappa shape index (κ1) is 34.3. The summed E-state index contributed by atoms with van der Waals surface area (Å²) in [7, 11) is 0. The first-order valence-corrected chi connectivity index (χ1v) is 20.5. The summed E-state index contributed by atoms with van der Waals surface area (Å²) in [6.45, 7) is 0. The number of rotatable bonds is 6. The van der Waals surface area contributed by atoms with Crippen molar-refractivity contribution in [2.24, 2.45) is 0 Å². The van der Waals surface area contributed by atoms with Crippen molar-refractivity contribution in [3.8, 4) is 44.9 Å². The van der Waals surface area contributed by atoms with E-state index in [1.807, 2.05) is 18.5 Å². The molecule has 2 unspecified atom stereocenters. The molecule has 0 spiro atoms. The van der Waals surface area contributed by atoms with Crippen LogP contribution in [-0.2, 0) is 6.42 Å². The van der Waals surface area contributed by atoms with Gasteiger partial charge >= 0.3 is 0 Å². The van der Waals surface area contributed by atoms with Gasteiger partial charge in [0.05, 0.1) is 11.4 Å². The number of hydrogen-bond acceptors (Lipinski definition) is 3. The molecule has 0 fully saturated rings. The molecule has 0 amide bonds. The largest absolute Gasteiger partial charge is 0.264 e. The Balaban J connectivity index is 1.01. The minimum absolute atomic E-state index is 0.194. The zero-order valence-electron chi connectivity index (χ0n) is 32.2. The van der Waals surface area contributed by atoms with E-state index in [1.54, 1.807) is 0 Å². The molecule has 11 rings (SSSR count). The molecule has 3 nitrogen and oxygen atoms in total. The second kappa shape index (κ2) is 14.5. The summed E-state index contributed by atoms with van der Waals surface area (Å²) in [6.07, 6.45) is 17.3. The summed E-state index contributed by atoms with van der Waals surface area (Å²) in [4.78, 5) is 15.1. The Labute approximate surface area is 339 Å². The molecule has 2 aliphatic rings. The van der Waals surface area contributed by atoms with E-state index >= 15 is 0 Å². The quantitative estimate of drug-likeness (QED) is 0.126. The van der Waals surface area contributed by atoms with Gasteiger partial charge in [0.2, 0.25) is 0 Å². The number of allylic oxidation sites excluding steroid dienone is 3. The number of fused-ring (bicyclic) bond motifs is 6. The van der Waals surface area contributed by atoms with Crippen molar-refractivity contribution in [2.75, 3.05) is 0 Å². The summed E-state index contributed by atoms with van der Waals surface area (Å²) in [5.74, 6) is 1.31. The minimum Gasteiger partial charge on any atom is -0.264 e. The summed E-state index contributed by atoms with van der Waals surface area (Å²) >= 11 is 0. The average Bonchev–Trinajstić information content (AvgIpc) is 3.31. The van der Waals surface area contributed by atoms with Gasteiger partial charge in [-0.15, -0.1) is 0 Å². The highest BCUT2D eigenvalue weighted by atomic mass is 14.9. The summed E-state index contributed by atoms with van der Waals surface area (Å²) in [5, 5.41) is 7.65. The van der Waals surface area contributed by atoms with Crippen molar-refractivity contribution >= 4 is 38.4 Å². The highest BCUT2D eigenvalue weighted by Crippen LogP contribution is 2.40. The first-order valence-electron chi connectivity index (χ1n) is 20.5. The van der Waals surface area contributed by atoms with Crippen LogP contribution in [0.4, 0.5) is 0 Å². The Bertz CT molecular complexity index is 3070. The molecule has 3 heteroatoms. The monoisotopic (exact) mass is 743 g/mol. The van der Waals surface area contributed by atoms with E-state index in [1.165, 1.54) is 71.3 Å². The Morgan fingerprint density at radius 2 is 1.21 bits per heavy atom. The van der Waals surface area contributed by atoms with Crippen LogP contribution in [-0.4, -0.2) is 15.0 Å². The zero-order chi connectivity index (χ0) is 38.4. The van der Waals surface area contributed by atoms with Gasteiger partial charge in [-0.1, -0.05) is 146 Å². The zero-order valence-corrected chi connectivity index (χ0v) is 32.2. The highest BCUT2D eigenvalue weighted by Gasteiger charge is 2.22. The molecule has 0 aliphatic heterocycles. The molecule has 0 saturated carbocycles. The Hall–Kier alpha value is -6.97. The van der Waals surface area contributed by atoms with Crippen molar-refractivity contribution in [1.82, 2.24) is 15.0 Å². The molecule has 2 aliphatic carbocycles. The minimum atomic E-state index is 0.194. The third-order valence-electron chi connectivity index (χ3n) is 12.3. The van der Waals surface area contributed by atoms with Gasteiger partial charge in [0, 0.05) is 35.4 Å². The molecule has 7 aromatic carbocycles. The van der Waals surface area contributed by atoms with Crippen LogP contribution in [0.1, 0.15) is 53.5 Å². The van der Waals surface area contributed by atoms with Gasteiger partial charge in [-0.3, -0.25) is 4.98 Å². The van der Waals surface area contributed by atoms with Gasteiger partial charge in [-0.05, 0) is 127 Å². The van der Waals surface area contributed by atoms with Gasteiger partial charge in [0.15, 0.2) is 5.82 Å². The lowest BCUT2D eigenvalue weighted by molar-refractivity contribution is 0.590. The lowest BCUT2D eigenvalue weighted by Crippen LogP contribution is -2.09. The molecular weight excluding hydrogens is 703 g/mol. The SMILES string of the molecule is C1=Cc2c(c(-c3cccc(-c4cc(C5C=CC(c6cccnc6)CC5)nc(-c5ccc(-c6cc7ccccc7c7ccccc67)cc5)n4)c3)cc3ccccc23)CC1. The molecule has 0 radical (unpaired) electrons. The van der Waals surface area contributed by atoms with Gasteiger partial charge in [-0.2, -0.15) is 0 Å². The smallest absolute Gasteiger partial charge is 0.160 e. The molecule has 2 aromatic heterocycles. The van der Waals surface area contributed by atoms with Crippen LogP contribution in [0.5, 0.6) is 0 Å². The van der Waals surface area contributed by atoms with Crippen LogP contribution in [0.2, 0.25) is 0 Å². The van der Waals surface area contributed by atoms with E-state index in [4.69, 9.17) is 9.97 Å². The average molecular weight is 744 g/mol. The van der Waals surface area contributed by atoms with Crippen LogP contribution < -0.4 is 0 Å². The second-order valence-corrected chi connectivity index (χ2v) is 15.8. The van der Waals surface area contributed by atoms with Gasteiger partial charge < -0.3 is 0 Å². The summed E-state index contributed by atoms with van der Waals surface area (Å²) in [6, 6.07) is 55.2. The van der Waals surface area contributed by atoms with E-state index in [2.05, 4.69) is 175 Å². The molecule has 0 N–H and O–H groups in total. The van der Waals surface area contributed by atoms with Crippen molar-refractivity contribution in [3.05, 3.63) is 205 Å². The van der Waals surface area contributed by atoms with Crippen molar-refractivity contribution in [1.29, 1.82) is 0 Å². The van der Waals surface area contributed by atoms with Crippen molar-refractivity contribution < 1.29 is 0 Å². The third kappa shape index (κ3) is 6.20. The fraction of sp³-hybridized carbons (Fsp3) is 0.109. The first-order chi connectivity index (χ1) is 28.7. The number of nitrogens with zero attached hydrogens (tertiary/aromatic N) is 3. The number of benzene rings is 7. The van der Waals surface area contributed by atoms with Gasteiger partial charge in [-0.25, -0.2) is 9.97 Å². The van der Waals surface area contributed by atoms with Crippen LogP contribution >= 0.6 is 0 Å². The maximum absolute atomic E-state index is 5.34. The summed E-state index contributed by atoms with van der Waals surface area (Å²) < 4.78 is 0. The van der Waals surface area contributed by atoms with Crippen LogP contribution in [0, 0.1) is 0 Å². The fourth-order valence-electron chi connectivity index (χ4n) is 9.37. The molecule has 276 valence electrons. The third-order valence-corrected chi connectivity index (χ3v) is 12.3. The van der Waals surface area contributed by atoms with E-state index < -0.39 is 0 Å². The normalized spacial score (nSPS) is 16.2. The van der Waals surface area contributed by atoms with Crippen LogP contribution in [0.25, 0.3) is 83.3 Å².